The van der Waals surface area contributed by atoms with E-state index >= 15 is 0 Å². The van der Waals surface area contributed by atoms with Crippen molar-refractivity contribution >= 4 is 17.3 Å². The molecule has 0 bridgehead atoms. The smallest absolute Gasteiger partial charge is 0.271 e. The summed E-state index contributed by atoms with van der Waals surface area (Å²) >= 11 is 0. The van der Waals surface area contributed by atoms with Crippen molar-refractivity contribution < 1.29 is 4.79 Å². The summed E-state index contributed by atoms with van der Waals surface area (Å²) in [5.74, 6) is 0.175. The summed E-state index contributed by atoms with van der Waals surface area (Å²) < 4.78 is 0. The van der Waals surface area contributed by atoms with Gasteiger partial charge in [0.15, 0.2) is 0 Å². The molecule has 0 fully saturated rings. The summed E-state index contributed by atoms with van der Waals surface area (Å²) in [5, 5.41) is 4.27. The number of carbonyl (C=O) groups excluding carboxylic acids is 1. The average Bonchev–Trinajstić information content (AvgIpc) is 2.46. The molecule has 4 nitrogen and oxygen atoms in total. The number of benzene rings is 1. The van der Waals surface area contributed by atoms with Crippen molar-refractivity contribution in [1.82, 2.24) is 5.43 Å². The molecule has 1 aliphatic rings. The molecule has 0 aliphatic heterocycles. The Morgan fingerprint density at radius 1 is 1.38 bits per heavy atom. The fraction of sp³-hybridized carbons (Fsp3) is 0.294. The van der Waals surface area contributed by atoms with Gasteiger partial charge < -0.3 is 5.73 Å². The van der Waals surface area contributed by atoms with E-state index in [0.29, 0.717) is 17.2 Å². The monoisotopic (exact) mass is 283 g/mol. The van der Waals surface area contributed by atoms with Crippen LogP contribution < -0.4 is 11.2 Å². The molecular weight excluding hydrogens is 262 g/mol. The minimum absolute atomic E-state index is 0.229. The van der Waals surface area contributed by atoms with Gasteiger partial charge in [0.25, 0.3) is 5.91 Å². The van der Waals surface area contributed by atoms with Crippen LogP contribution in [0.2, 0.25) is 0 Å². The SMILES string of the molecule is C=C(C)[C@H]1CC=C(C)/C(=N/NC(=O)c2ccc(N)cc2)C1. The number of rotatable bonds is 3. The summed E-state index contributed by atoms with van der Waals surface area (Å²) in [5.41, 5.74) is 12.6. The molecule has 110 valence electrons. The molecule has 1 aromatic carbocycles. The summed E-state index contributed by atoms with van der Waals surface area (Å²) in [6.07, 6.45) is 3.96. The van der Waals surface area contributed by atoms with Gasteiger partial charge in [-0.25, -0.2) is 5.43 Å². The standard InChI is InChI=1S/C17H21N3O/c1-11(2)14-5-4-12(3)16(10-14)19-20-17(21)13-6-8-15(18)9-7-13/h4,6-9,14H,1,5,10,18H2,2-3H3,(H,20,21)/b19-16+/t14-/m0/s1. The number of hydrazone groups is 1. The zero-order valence-electron chi connectivity index (χ0n) is 12.5. The van der Waals surface area contributed by atoms with Crippen LogP contribution in [-0.4, -0.2) is 11.6 Å². The van der Waals surface area contributed by atoms with E-state index in [0.717, 1.165) is 29.7 Å². The van der Waals surface area contributed by atoms with Crippen LogP contribution in [0.25, 0.3) is 0 Å². The number of hydrogen-bond donors (Lipinski definition) is 2. The molecule has 0 saturated carbocycles. The zero-order valence-corrected chi connectivity index (χ0v) is 12.5. The van der Waals surface area contributed by atoms with E-state index in [-0.39, 0.29) is 5.91 Å². The highest BCUT2D eigenvalue weighted by Crippen LogP contribution is 2.26. The molecule has 0 saturated heterocycles. The van der Waals surface area contributed by atoms with Gasteiger partial charge in [-0.05, 0) is 62.4 Å². The molecule has 3 N–H and O–H groups in total. The maximum atomic E-state index is 12.0. The Labute approximate surface area is 125 Å². The Hall–Kier alpha value is -2.36. The molecular formula is C17H21N3O. The number of nitrogens with zero attached hydrogens (tertiary/aromatic N) is 1. The highest BCUT2D eigenvalue weighted by Gasteiger charge is 2.18. The van der Waals surface area contributed by atoms with Gasteiger partial charge >= 0.3 is 0 Å². The number of nitrogen functional groups attached to an aromatic ring is 1. The van der Waals surface area contributed by atoms with Crippen LogP contribution in [0.3, 0.4) is 0 Å². The second-order valence-electron chi connectivity index (χ2n) is 5.49. The molecule has 4 heteroatoms. The third-order valence-electron chi connectivity index (χ3n) is 3.77. The molecule has 0 unspecified atom stereocenters. The van der Waals surface area contributed by atoms with Crippen molar-refractivity contribution in [2.24, 2.45) is 11.0 Å². The quantitative estimate of drug-likeness (QED) is 0.508. The molecule has 0 heterocycles. The van der Waals surface area contributed by atoms with E-state index in [1.807, 2.05) is 13.8 Å². The third-order valence-corrected chi connectivity index (χ3v) is 3.77. The second kappa shape index (κ2) is 6.39. The number of nitrogens with two attached hydrogens (primary N) is 1. The van der Waals surface area contributed by atoms with Gasteiger partial charge in [0, 0.05) is 11.3 Å². The maximum Gasteiger partial charge on any atom is 0.271 e. The predicted octanol–water partition coefficient (Wildman–Crippen LogP) is 3.29. The van der Waals surface area contributed by atoms with Crippen molar-refractivity contribution in [2.45, 2.75) is 26.7 Å². The lowest BCUT2D eigenvalue weighted by molar-refractivity contribution is 0.0954. The summed E-state index contributed by atoms with van der Waals surface area (Å²) in [4.78, 5) is 12.0. The third kappa shape index (κ3) is 3.81. The van der Waals surface area contributed by atoms with Gasteiger partial charge in [-0.2, -0.15) is 5.10 Å². The van der Waals surface area contributed by atoms with Crippen LogP contribution in [-0.2, 0) is 0 Å². The van der Waals surface area contributed by atoms with Gasteiger partial charge in [-0.3, -0.25) is 4.79 Å². The lowest BCUT2D eigenvalue weighted by Crippen LogP contribution is -2.23. The topological polar surface area (TPSA) is 67.5 Å². The van der Waals surface area contributed by atoms with Crippen LogP contribution >= 0.6 is 0 Å². The number of hydrogen-bond acceptors (Lipinski definition) is 3. The second-order valence-corrected chi connectivity index (χ2v) is 5.49. The average molecular weight is 283 g/mol. The molecule has 2 rings (SSSR count). The van der Waals surface area contributed by atoms with Crippen molar-refractivity contribution in [3.8, 4) is 0 Å². The Kier molecular flexibility index (Phi) is 4.58. The number of anilines is 1. The van der Waals surface area contributed by atoms with Gasteiger partial charge in [0.2, 0.25) is 0 Å². The number of amides is 1. The molecule has 1 aromatic rings. The van der Waals surface area contributed by atoms with Crippen LogP contribution in [0.15, 0.2) is 53.2 Å². The summed E-state index contributed by atoms with van der Waals surface area (Å²) in [7, 11) is 0. The van der Waals surface area contributed by atoms with Crippen LogP contribution in [0.4, 0.5) is 5.69 Å². The maximum absolute atomic E-state index is 12.0. The predicted molar refractivity (Wildman–Crippen MR) is 87.1 cm³/mol. The number of carbonyl (C=O) groups is 1. The Morgan fingerprint density at radius 3 is 2.67 bits per heavy atom. The number of allylic oxidation sites excluding steroid dienone is 3. The lowest BCUT2D eigenvalue weighted by atomic mass is 9.85. The summed E-state index contributed by atoms with van der Waals surface area (Å²) in [6, 6.07) is 6.77. The van der Waals surface area contributed by atoms with Crippen LogP contribution in [0, 0.1) is 5.92 Å². The van der Waals surface area contributed by atoms with E-state index in [2.05, 4.69) is 23.2 Å². The van der Waals surface area contributed by atoms with Crippen molar-refractivity contribution in [3.63, 3.8) is 0 Å². The largest absolute Gasteiger partial charge is 0.399 e. The van der Waals surface area contributed by atoms with E-state index in [1.165, 1.54) is 0 Å². The zero-order chi connectivity index (χ0) is 15.4. The fourth-order valence-corrected chi connectivity index (χ4v) is 2.24. The van der Waals surface area contributed by atoms with Gasteiger partial charge in [0.05, 0.1) is 5.71 Å². The Morgan fingerprint density at radius 2 is 2.05 bits per heavy atom. The first-order valence-corrected chi connectivity index (χ1v) is 7.02. The van der Waals surface area contributed by atoms with Crippen LogP contribution in [0.1, 0.15) is 37.0 Å². The molecule has 1 amide bonds. The van der Waals surface area contributed by atoms with E-state index in [1.54, 1.807) is 24.3 Å². The first kappa shape index (κ1) is 15.0. The lowest BCUT2D eigenvalue weighted by Gasteiger charge is -2.22. The molecule has 0 spiro atoms. The molecule has 1 aliphatic carbocycles. The van der Waals surface area contributed by atoms with E-state index in [9.17, 15) is 4.79 Å². The van der Waals surface area contributed by atoms with Gasteiger partial charge in [0.1, 0.15) is 0 Å². The fourth-order valence-electron chi connectivity index (χ4n) is 2.24. The first-order valence-electron chi connectivity index (χ1n) is 7.02. The molecule has 21 heavy (non-hydrogen) atoms. The highest BCUT2D eigenvalue weighted by atomic mass is 16.2. The molecule has 0 aromatic heterocycles. The van der Waals surface area contributed by atoms with Crippen molar-refractivity contribution in [3.05, 3.63) is 53.6 Å². The highest BCUT2D eigenvalue weighted by molar-refractivity contribution is 6.02. The Bertz CT molecular complexity index is 611. The first-order chi connectivity index (χ1) is 9.97. The van der Waals surface area contributed by atoms with Crippen molar-refractivity contribution in [2.75, 3.05) is 5.73 Å². The van der Waals surface area contributed by atoms with E-state index < -0.39 is 0 Å². The van der Waals surface area contributed by atoms with Crippen LogP contribution in [0.5, 0.6) is 0 Å². The normalized spacial score (nSPS) is 20.0. The summed E-state index contributed by atoms with van der Waals surface area (Å²) in [6.45, 7) is 8.05. The van der Waals surface area contributed by atoms with Gasteiger partial charge in [-0.15, -0.1) is 0 Å². The molecule has 1 atom stereocenters. The van der Waals surface area contributed by atoms with E-state index in [4.69, 9.17) is 5.73 Å². The minimum Gasteiger partial charge on any atom is -0.399 e. The van der Waals surface area contributed by atoms with Crippen molar-refractivity contribution in [1.29, 1.82) is 0 Å². The number of nitrogens with one attached hydrogen (secondary N) is 1. The Balaban J connectivity index is 2.07. The minimum atomic E-state index is -0.229. The molecule has 0 radical (unpaired) electrons. The van der Waals surface area contributed by atoms with Gasteiger partial charge in [-0.1, -0.05) is 18.2 Å².